The minimum atomic E-state index is 0.692. The summed E-state index contributed by atoms with van der Waals surface area (Å²) in [6.45, 7) is 9.18. The average molecular weight is 181 g/mol. The molecule has 2 heteroatoms. The summed E-state index contributed by atoms with van der Waals surface area (Å²) in [6.07, 6.45) is 3.84. The van der Waals surface area contributed by atoms with Crippen molar-refractivity contribution in [2.24, 2.45) is 11.3 Å². The van der Waals surface area contributed by atoms with Gasteiger partial charge in [0.2, 0.25) is 0 Å². The Bertz CT molecular complexity index is 200. The largest absolute Gasteiger partial charge is 0.499 e. The second-order valence-electron chi connectivity index (χ2n) is 4.55. The fourth-order valence-corrected chi connectivity index (χ4v) is 2.66. The number of hydrogen-bond donors (Lipinski definition) is 1. The summed E-state index contributed by atoms with van der Waals surface area (Å²) in [7, 11) is 0. The minimum Gasteiger partial charge on any atom is -0.499 e. The Morgan fingerprint density at radius 3 is 2.69 bits per heavy atom. The smallest absolute Gasteiger partial charge is 0.0890 e. The van der Waals surface area contributed by atoms with Crippen LogP contribution in [0.3, 0.4) is 0 Å². The Kier molecular flexibility index (Phi) is 2.33. The van der Waals surface area contributed by atoms with Crippen LogP contribution in [0.5, 0.6) is 0 Å². The minimum absolute atomic E-state index is 0.692. The van der Waals surface area contributed by atoms with E-state index in [-0.39, 0.29) is 0 Å². The number of rotatable bonds is 4. The lowest BCUT2D eigenvalue weighted by Gasteiger charge is -2.54. The van der Waals surface area contributed by atoms with Gasteiger partial charge in [0.05, 0.1) is 12.4 Å². The van der Waals surface area contributed by atoms with Crippen LogP contribution >= 0.6 is 0 Å². The number of nitrogens with one attached hydrogen (secondary N) is 1. The highest BCUT2D eigenvalue weighted by Crippen LogP contribution is 2.50. The van der Waals surface area contributed by atoms with E-state index in [0.717, 1.165) is 24.7 Å². The number of allylic oxidation sites excluding steroid dienone is 1. The van der Waals surface area contributed by atoms with Crippen molar-refractivity contribution in [1.29, 1.82) is 0 Å². The number of ether oxygens (including phenoxy) is 1. The zero-order valence-electron chi connectivity index (χ0n) is 8.44. The standard InChI is InChI=1S/C11H19NO/c1-3-13-9(2)4-10-5-11(6-10)7-12-8-11/h10,12H,2-8H2,1H3. The van der Waals surface area contributed by atoms with Gasteiger partial charge in [-0.2, -0.15) is 0 Å². The van der Waals surface area contributed by atoms with E-state index in [9.17, 15) is 0 Å². The second kappa shape index (κ2) is 3.33. The first kappa shape index (κ1) is 9.07. The van der Waals surface area contributed by atoms with Gasteiger partial charge in [-0.05, 0) is 31.1 Å². The fourth-order valence-electron chi connectivity index (χ4n) is 2.66. The van der Waals surface area contributed by atoms with Crippen LogP contribution in [0.4, 0.5) is 0 Å². The normalized spacial score (nSPS) is 25.0. The van der Waals surface area contributed by atoms with Crippen molar-refractivity contribution in [3.05, 3.63) is 12.3 Å². The third kappa shape index (κ3) is 1.73. The maximum absolute atomic E-state index is 5.36. The van der Waals surface area contributed by atoms with Crippen LogP contribution in [0.1, 0.15) is 26.2 Å². The predicted molar refractivity (Wildman–Crippen MR) is 53.4 cm³/mol. The molecular weight excluding hydrogens is 162 g/mol. The average Bonchev–Trinajstić information content (AvgIpc) is 1.92. The lowest BCUT2D eigenvalue weighted by molar-refractivity contribution is -0.00547. The van der Waals surface area contributed by atoms with Gasteiger partial charge < -0.3 is 10.1 Å². The van der Waals surface area contributed by atoms with Gasteiger partial charge in [0.1, 0.15) is 0 Å². The van der Waals surface area contributed by atoms with Gasteiger partial charge in [0, 0.05) is 19.5 Å². The Morgan fingerprint density at radius 1 is 1.54 bits per heavy atom. The van der Waals surface area contributed by atoms with E-state index in [2.05, 4.69) is 11.9 Å². The summed E-state index contributed by atoms with van der Waals surface area (Å²) in [6, 6.07) is 0. The molecule has 2 aliphatic rings. The van der Waals surface area contributed by atoms with Crippen molar-refractivity contribution in [3.63, 3.8) is 0 Å². The first-order valence-electron chi connectivity index (χ1n) is 5.25. The van der Waals surface area contributed by atoms with Gasteiger partial charge in [-0.25, -0.2) is 0 Å². The van der Waals surface area contributed by atoms with Crippen LogP contribution in [0.25, 0.3) is 0 Å². The summed E-state index contributed by atoms with van der Waals surface area (Å²) in [5, 5.41) is 3.35. The highest BCUT2D eigenvalue weighted by Gasteiger charge is 2.48. The van der Waals surface area contributed by atoms with Crippen LogP contribution in [-0.2, 0) is 4.74 Å². The molecule has 74 valence electrons. The zero-order chi connectivity index (χ0) is 9.31. The Morgan fingerprint density at radius 2 is 2.23 bits per heavy atom. The van der Waals surface area contributed by atoms with E-state index >= 15 is 0 Å². The van der Waals surface area contributed by atoms with Crippen LogP contribution in [-0.4, -0.2) is 19.7 Å². The van der Waals surface area contributed by atoms with Gasteiger partial charge >= 0.3 is 0 Å². The highest BCUT2D eigenvalue weighted by molar-refractivity contribution is 5.04. The van der Waals surface area contributed by atoms with Crippen LogP contribution in [0.15, 0.2) is 12.3 Å². The topological polar surface area (TPSA) is 21.3 Å². The molecule has 1 aliphatic carbocycles. The van der Waals surface area contributed by atoms with Crippen molar-refractivity contribution in [2.45, 2.75) is 26.2 Å². The maximum atomic E-state index is 5.36. The van der Waals surface area contributed by atoms with E-state index in [4.69, 9.17) is 4.74 Å². The molecule has 1 saturated heterocycles. The molecule has 1 saturated carbocycles. The van der Waals surface area contributed by atoms with Crippen molar-refractivity contribution in [1.82, 2.24) is 5.32 Å². The third-order valence-electron chi connectivity index (χ3n) is 3.31. The molecule has 1 aliphatic heterocycles. The molecule has 0 bridgehead atoms. The molecule has 13 heavy (non-hydrogen) atoms. The van der Waals surface area contributed by atoms with Gasteiger partial charge in [-0.1, -0.05) is 6.58 Å². The lowest BCUT2D eigenvalue weighted by atomic mass is 9.58. The Hall–Kier alpha value is -0.500. The van der Waals surface area contributed by atoms with Crippen molar-refractivity contribution in [2.75, 3.05) is 19.7 Å². The molecule has 0 radical (unpaired) electrons. The van der Waals surface area contributed by atoms with E-state index in [1.807, 2.05) is 6.92 Å². The SMILES string of the molecule is C=C(CC1CC2(CNC2)C1)OCC. The monoisotopic (exact) mass is 181 g/mol. The highest BCUT2D eigenvalue weighted by atomic mass is 16.5. The molecule has 1 spiro atoms. The molecule has 0 aromatic carbocycles. The molecule has 0 aromatic rings. The van der Waals surface area contributed by atoms with E-state index < -0.39 is 0 Å². The van der Waals surface area contributed by atoms with Gasteiger partial charge in [0.15, 0.2) is 0 Å². The molecule has 1 heterocycles. The van der Waals surface area contributed by atoms with Crippen molar-refractivity contribution < 1.29 is 4.74 Å². The molecule has 2 rings (SSSR count). The van der Waals surface area contributed by atoms with Gasteiger partial charge in [-0.3, -0.25) is 0 Å². The quantitative estimate of drug-likeness (QED) is 0.669. The molecule has 2 fully saturated rings. The molecule has 0 atom stereocenters. The number of hydrogen-bond acceptors (Lipinski definition) is 2. The summed E-state index contributed by atoms with van der Waals surface area (Å²) < 4.78 is 5.36. The Balaban J connectivity index is 1.66. The summed E-state index contributed by atoms with van der Waals surface area (Å²) in [5.74, 6) is 1.83. The summed E-state index contributed by atoms with van der Waals surface area (Å²) in [5.41, 5.74) is 0.692. The van der Waals surface area contributed by atoms with E-state index in [0.29, 0.717) is 5.41 Å². The van der Waals surface area contributed by atoms with E-state index in [1.165, 1.54) is 25.9 Å². The molecule has 2 nitrogen and oxygen atoms in total. The lowest BCUT2D eigenvalue weighted by Crippen LogP contribution is -2.60. The summed E-state index contributed by atoms with van der Waals surface area (Å²) in [4.78, 5) is 0. The molecular formula is C11H19NO. The molecule has 1 N–H and O–H groups in total. The van der Waals surface area contributed by atoms with E-state index in [1.54, 1.807) is 0 Å². The third-order valence-corrected chi connectivity index (χ3v) is 3.31. The van der Waals surface area contributed by atoms with Crippen molar-refractivity contribution in [3.8, 4) is 0 Å². The molecule has 0 aromatic heterocycles. The fraction of sp³-hybridized carbons (Fsp3) is 0.818. The van der Waals surface area contributed by atoms with Crippen molar-refractivity contribution >= 4 is 0 Å². The predicted octanol–water partition coefficient (Wildman–Crippen LogP) is 1.93. The van der Waals surface area contributed by atoms with Gasteiger partial charge in [0.25, 0.3) is 0 Å². The second-order valence-corrected chi connectivity index (χ2v) is 4.55. The zero-order valence-corrected chi connectivity index (χ0v) is 8.44. The van der Waals surface area contributed by atoms with Crippen LogP contribution in [0.2, 0.25) is 0 Å². The first-order chi connectivity index (χ1) is 6.24. The molecule has 0 amide bonds. The maximum Gasteiger partial charge on any atom is 0.0890 e. The first-order valence-corrected chi connectivity index (χ1v) is 5.25. The molecule has 0 unspecified atom stereocenters. The Labute approximate surface area is 80.4 Å². The van der Waals surface area contributed by atoms with Gasteiger partial charge in [-0.15, -0.1) is 0 Å². The summed E-state index contributed by atoms with van der Waals surface area (Å²) >= 11 is 0. The van der Waals surface area contributed by atoms with Crippen LogP contribution < -0.4 is 5.32 Å². The van der Waals surface area contributed by atoms with Crippen LogP contribution in [0, 0.1) is 11.3 Å².